The second kappa shape index (κ2) is 4.54. The number of nitrogens with zero attached hydrogens (tertiary/aromatic N) is 1. The van der Waals surface area contributed by atoms with Crippen molar-refractivity contribution >= 4 is 27.3 Å². The number of hydrogen-bond donors (Lipinski definition) is 0. The van der Waals surface area contributed by atoms with Crippen molar-refractivity contribution in [1.29, 1.82) is 0 Å². The van der Waals surface area contributed by atoms with E-state index in [1.54, 1.807) is 11.3 Å². The zero-order valence-electron chi connectivity index (χ0n) is 10.5. The number of rotatable bonds is 1. The highest BCUT2D eigenvalue weighted by Gasteiger charge is 2.14. The lowest BCUT2D eigenvalue weighted by Gasteiger charge is -2.18. The van der Waals surface area contributed by atoms with E-state index in [1.165, 1.54) is 16.0 Å². The molecule has 0 bridgehead atoms. The Labute approximate surface area is 115 Å². The summed E-state index contributed by atoms with van der Waals surface area (Å²) >= 11 is 5.18. The molecule has 0 aliphatic rings. The van der Waals surface area contributed by atoms with Gasteiger partial charge in [-0.15, -0.1) is 11.3 Å². The van der Waals surface area contributed by atoms with E-state index in [0.717, 1.165) is 9.61 Å². The average Bonchev–Trinajstić information content (AvgIpc) is 2.58. The van der Waals surface area contributed by atoms with Gasteiger partial charge in [-0.2, -0.15) is 0 Å². The Kier molecular flexibility index (Phi) is 3.41. The van der Waals surface area contributed by atoms with Crippen LogP contribution < -0.4 is 0 Å². The van der Waals surface area contributed by atoms with Crippen LogP contribution in [0.3, 0.4) is 0 Å². The Bertz CT molecular complexity index is 501. The normalized spacial score (nSPS) is 11.8. The Morgan fingerprint density at radius 3 is 2.12 bits per heavy atom. The molecule has 0 aliphatic carbocycles. The number of aryl methyl sites for hydroxylation is 1. The van der Waals surface area contributed by atoms with Gasteiger partial charge in [-0.3, -0.25) is 0 Å². The molecular weight excluding hydrogens is 294 g/mol. The fraction of sp³-hybridized carbons (Fsp3) is 0.357. The van der Waals surface area contributed by atoms with Crippen molar-refractivity contribution in [1.82, 2.24) is 4.98 Å². The molecule has 0 atom stereocenters. The van der Waals surface area contributed by atoms with Crippen LogP contribution in [0.1, 0.15) is 31.2 Å². The molecule has 3 heteroatoms. The number of thiazole rings is 1. The lowest BCUT2D eigenvalue weighted by molar-refractivity contribution is 0.590. The topological polar surface area (TPSA) is 12.9 Å². The average molecular weight is 310 g/mol. The van der Waals surface area contributed by atoms with Gasteiger partial charge in [-0.1, -0.05) is 45.0 Å². The summed E-state index contributed by atoms with van der Waals surface area (Å²) in [5.41, 5.74) is 2.75. The molecule has 90 valence electrons. The molecule has 0 saturated heterocycles. The Morgan fingerprint density at radius 2 is 1.71 bits per heavy atom. The van der Waals surface area contributed by atoms with E-state index < -0.39 is 0 Å². The van der Waals surface area contributed by atoms with Crippen LogP contribution in [-0.2, 0) is 5.41 Å². The smallest absolute Gasteiger partial charge is 0.124 e. The number of benzene rings is 1. The van der Waals surface area contributed by atoms with E-state index in [1.807, 2.05) is 0 Å². The molecule has 17 heavy (non-hydrogen) atoms. The van der Waals surface area contributed by atoms with Crippen molar-refractivity contribution in [3.63, 3.8) is 0 Å². The van der Waals surface area contributed by atoms with Gasteiger partial charge in [-0.05, 0) is 33.8 Å². The van der Waals surface area contributed by atoms with Crippen LogP contribution in [0, 0.1) is 6.92 Å². The second-order valence-electron chi connectivity index (χ2n) is 5.19. The zero-order valence-corrected chi connectivity index (χ0v) is 12.9. The molecule has 0 N–H and O–H groups in total. The minimum Gasteiger partial charge on any atom is -0.229 e. The summed E-state index contributed by atoms with van der Waals surface area (Å²) in [6.45, 7) is 8.76. The maximum absolute atomic E-state index is 4.51. The van der Waals surface area contributed by atoms with Crippen LogP contribution in [0.2, 0.25) is 0 Å². The highest BCUT2D eigenvalue weighted by atomic mass is 79.9. The van der Waals surface area contributed by atoms with Gasteiger partial charge >= 0.3 is 0 Å². The monoisotopic (exact) mass is 309 g/mol. The van der Waals surface area contributed by atoms with Crippen molar-refractivity contribution in [2.75, 3.05) is 0 Å². The van der Waals surface area contributed by atoms with E-state index in [4.69, 9.17) is 0 Å². The summed E-state index contributed by atoms with van der Waals surface area (Å²) in [5.74, 6) is 0. The number of aromatic nitrogens is 1. The van der Waals surface area contributed by atoms with Crippen molar-refractivity contribution in [2.24, 2.45) is 0 Å². The third kappa shape index (κ3) is 2.78. The maximum Gasteiger partial charge on any atom is 0.124 e. The van der Waals surface area contributed by atoms with Gasteiger partial charge in [-0.25, -0.2) is 4.98 Å². The van der Waals surface area contributed by atoms with Crippen molar-refractivity contribution in [3.05, 3.63) is 39.3 Å². The summed E-state index contributed by atoms with van der Waals surface area (Å²) in [4.78, 5) is 5.73. The molecule has 0 saturated carbocycles. The van der Waals surface area contributed by atoms with Crippen molar-refractivity contribution in [3.8, 4) is 10.6 Å². The predicted octanol–water partition coefficient (Wildman–Crippen LogP) is 5.18. The van der Waals surface area contributed by atoms with Gasteiger partial charge < -0.3 is 0 Å². The summed E-state index contributed by atoms with van der Waals surface area (Å²) < 4.78 is 0.956. The lowest BCUT2D eigenvalue weighted by atomic mass is 9.87. The van der Waals surface area contributed by atoms with E-state index in [-0.39, 0.29) is 5.41 Å². The number of halogens is 1. The molecular formula is C14H16BrNS. The number of hydrogen-bond acceptors (Lipinski definition) is 2. The minimum atomic E-state index is 0.206. The molecule has 1 nitrogen and oxygen atoms in total. The summed E-state index contributed by atoms with van der Waals surface area (Å²) in [6.07, 6.45) is 0. The molecule has 2 aromatic rings. The summed E-state index contributed by atoms with van der Waals surface area (Å²) in [6, 6.07) is 8.70. The van der Waals surface area contributed by atoms with Crippen LogP contribution in [0.25, 0.3) is 10.6 Å². The van der Waals surface area contributed by atoms with E-state index >= 15 is 0 Å². The third-order valence-electron chi connectivity index (χ3n) is 2.74. The first-order valence-corrected chi connectivity index (χ1v) is 7.23. The highest BCUT2D eigenvalue weighted by molar-refractivity contribution is 9.10. The van der Waals surface area contributed by atoms with Gasteiger partial charge in [0.2, 0.25) is 0 Å². The molecule has 0 amide bonds. The van der Waals surface area contributed by atoms with Crippen LogP contribution in [-0.4, -0.2) is 4.98 Å². The first-order chi connectivity index (χ1) is 7.88. The van der Waals surface area contributed by atoms with Gasteiger partial charge in [0.15, 0.2) is 0 Å². The van der Waals surface area contributed by atoms with Gasteiger partial charge in [0, 0.05) is 10.4 Å². The minimum absolute atomic E-state index is 0.206. The van der Waals surface area contributed by atoms with Gasteiger partial charge in [0.25, 0.3) is 0 Å². The third-order valence-corrected chi connectivity index (χ3v) is 4.79. The first-order valence-electron chi connectivity index (χ1n) is 5.62. The lowest BCUT2D eigenvalue weighted by Crippen LogP contribution is -2.10. The summed E-state index contributed by atoms with van der Waals surface area (Å²) in [7, 11) is 0. The van der Waals surface area contributed by atoms with Crippen molar-refractivity contribution < 1.29 is 0 Å². The fourth-order valence-electron chi connectivity index (χ4n) is 1.61. The predicted molar refractivity (Wildman–Crippen MR) is 78.7 cm³/mol. The van der Waals surface area contributed by atoms with Gasteiger partial charge in [0.05, 0.1) is 0 Å². The molecule has 1 aromatic carbocycles. The highest BCUT2D eigenvalue weighted by Crippen LogP contribution is 2.31. The largest absolute Gasteiger partial charge is 0.229 e. The molecule has 1 aromatic heterocycles. The second-order valence-corrected chi connectivity index (χ2v) is 7.15. The molecule has 0 fully saturated rings. The maximum atomic E-state index is 4.51. The van der Waals surface area contributed by atoms with Crippen LogP contribution in [0.15, 0.2) is 28.9 Å². The quantitative estimate of drug-likeness (QED) is 0.707. The van der Waals surface area contributed by atoms with E-state index in [2.05, 4.69) is 72.9 Å². The Morgan fingerprint density at radius 1 is 1.12 bits per heavy atom. The molecule has 0 radical (unpaired) electrons. The zero-order chi connectivity index (χ0) is 12.6. The van der Waals surface area contributed by atoms with E-state index in [0.29, 0.717) is 0 Å². The molecule has 1 heterocycles. The molecule has 0 spiro atoms. The first kappa shape index (κ1) is 12.8. The SMILES string of the molecule is Cc1sc(-c2ccc(C(C)(C)C)cc2)nc1Br. The van der Waals surface area contributed by atoms with Crippen LogP contribution >= 0.6 is 27.3 Å². The molecule has 0 aliphatic heterocycles. The van der Waals surface area contributed by atoms with Crippen molar-refractivity contribution in [2.45, 2.75) is 33.1 Å². The Hall–Kier alpha value is -0.670. The summed E-state index contributed by atoms with van der Waals surface area (Å²) in [5, 5.41) is 1.08. The van der Waals surface area contributed by atoms with Crippen LogP contribution in [0.4, 0.5) is 0 Å². The molecule has 2 rings (SSSR count). The van der Waals surface area contributed by atoms with E-state index in [9.17, 15) is 0 Å². The van der Waals surface area contributed by atoms with Crippen LogP contribution in [0.5, 0.6) is 0 Å². The van der Waals surface area contributed by atoms with Gasteiger partial charge in [0.1, 0.15) is 9.61 Å². The standard InChI is InChI=1S/C14H16BrNS/c1-9-12(15)16-13(17-9)10-5-7-11(8-6-10)14(2,3)4/h5-8H,1-4H3. The molecule has 0 unspecified atom stereocenters. The Balaban J connectivity index is 2.36. The fourth-order valence-corrected chi connectivity index (χ4v) is 2.96.